The summed E-state index contributed by atoms with van der Waals surface area (Å²) in [4.78, 5) is 20.5. The fourth-order valence-electron chi connectivity index (χ4n) is 0.986. The monoisotopic (exact) mass is 262 g/mol. The molecule has 0 saturated carbocycles. The smallest absolute Gasteiger partial charge is 0.333 e. The van der Waals surface area contributed by atoms with Gasteiger partial charge < -0.3 is 9.84 Å². The molecule has 0 unspecified atom stereocenters. The van der Waals surface area contributed by atoms with Gasteiger partial charge in [0, 0.05) is 11.6 Å². The summed E-state index contributed by atoms with van der Waals surface area (Å²) in [6.45, 7) is 7.21. The Balaban J connectivity index is 0.000000362. The molecule has 1 N–H and O–H groups in total. The van der Waals surface area contributed by atoms with E-state index in [-0.39, 0.29) is 5.97 Å². The standard InChI is InChI=1S/C9H8O2.C6H10O2/c10-9(11)7-6-8-4-2-1-3-5-8;1-4-8-6(7)5(2)3/h1-7H,(H,10,11);2,4H2,1,3H3. The van der Waals surface area contributed by atoms with Crippen LogP contribution in [0.3, 0.4) is 0 Å². The third-order valence-corrected chi connectivity index (χ3v) is 1.84. The Kier molecular flexibility index (Phi) is 8.45. The largest absolute Gasteiger partial charge is 0.478 e. The maximum absolute atomic E-state index is 10.4. The van der Waals surface area contributed by atoms with Gasteiger partial charge in [0.15, 0.2) is 0 Å². The molecule has 0 heterocycles. The van der Waals surface area contributed by atoms with Crippen LogP contribution in [0.5, 0.6) is 0 Å². The molecule has 0 aliphatic heterocycles. The van der Waals surface area contributed by atoms with Crippen LogP contribution in [0.1, 0.15) is 19.4 Å². The number of carbonyl (C=O) groups is 2. The normalized spacial score (nSPS) is 9.37. The van der Waals surface area contributed by atoms with Crippen molar-refractivity contribution in [2.75, 3.05) is 6.61 Å². The second-order valence-electron chi connectivity index (χ2n) is 3.58. The molecule has 0 saturated heterocycles. The first kappa shape index (κ1) is 16.6. The van der Waals surface area contributed by atoms with Crippen molar-refractivity contribution in [3.8, 4) is 0 Å². The number of carbonyl (C=O) groups excluding carboxylic acids is 1. The molecule has 0 bridgehead atoms. The molecule has 0 spiro atoms. The number of ether oxygens (including phenoxy) is 1. The highest BCUT2D eigenvalue weighted by Crippen LogP contribution is 1.99. The molecule has 19 heavy (non-hydrogen) atoms. The van der Waals surface area contributed by atoms with Gasteiger partial charge >= 0.3 is 11.9 Å². The molecule has 102 valence electrons. The summed E-state index contributed by atoms with van der Waals surface area (Å²) in [5.41, 5.74) is 1.35. The highest BCUT2D eigenvalue weighted by molar-refractivity contribution is 5.86. The van der Waals surface area contributed by atoms with E-state index in [2.05, 4.69) is 11.3 Å². The van der Waals surface area contributed by atoms with Gasteiger partial charge in [0.2, 0.25) is 0 Å². The molecule has 0 aliphatic carbocycles. The first-order valence-corrected chi connectivity index (χ1v) is 5.76. The van der Waals surface area contributed by atoms with E-state index in [1.165, 1.54) is 0 Å². The van der Waals surface area contributed by atoms with E-state index in [1.54, 1.807) is 19.9 Å². The summed E-state index contributed by atoms with van der Waals surface area (Å²) in [6.07, 6.45) is 2.68. The molecular formula is C15H18O4. The number of benzene rings is 1. The van der Waals surface area contributed by atoms with Gasteiger partial charge in [0.25, 0.3) is 0 Å². The van der Waals surface area contributed by atoms with Crippen LogP contribution in [0, 0.1) is 0 Å². The lowest BCUT2D eigenvalue weighted by Gasteiger charge is -1.96. The van der Waals surface area contributed by atoms with Gasteiger partial charge in [0.05, 0.1) is 6.61 Å². The SMILES string of the molecule is C=C(C)C(=O)OCC.O=C(O)C=Cc1ccccc1. The van der Waals surface area contributed by atoms with Crippen molar-refractivity contribution in [2.24, 2.45) is 0 Å². The number of aliphatic carboxylic acids is 1. The van der Waals surface area contributed by atoms with Crippen molar-refractivity contribution in [1.82, 2.24) is 0 Å². The fraction of sp³-hybridized carbons (Fsp3) is 0.200. The van der Waals surface area contributed by atoms with Gasteiger partial charge in [-0.3, -0.25) is 0 Å². The molecule has 1 aromatic carbocycles. The molecule has 4 nitrogen and oxygen atoms in total. The maximum Gasteiger partial charge on any atom is 0.333 e. The van der Waals surface area contributed by atoms with Crippen LogP contribution in [0.25, 0.3) is 6.08 Å². The Labute approximate surface area is 113 Å². The predicted molar refractivity (Wildman–Crippen MR) is 74.6 cm³/mol. The second kappa shape index (κ2) is 9.65. The van der Waals surface area contributed by atoms with Crippen LogP contribution < -0.4 is 0 Å². The lowest BCUT2D eigenvalue weighted by atomic mass is 10.2. The Hall–Kier alpha value is -2.36. The number of hydrogen-bond acceptors (Lipinski definition) is 3. The number of hydrogen-bond donors (Lipinski definition) is 1. The van der Waals surface area contributed by atoms with Crippen LogP contribution >= 0.6 is 0 Å². The summed E-state index contributed by atoms with van der Waals surface area (Å²) >= 11 is 0. The topological polar surface area (TPSA) is 63.6 Å². The molecule has 4 heteroatoms. The second-order valence-corrected chi connectivity index (χ2v) is 3.58. The van der Waals surface area contributed by atoms with E-state index < -0.39 is 5.97 Å². The van der Waals surface area contributed by atoms with Crippen LogP contribution in [0.2, 0.25) is 0 Å². The van der Waals surface area contributed by atoms with E-state index in [4.69, 9.17) is 5.11 Å². The molecule has 0 aliphatic rings. The lowest BCUT2D eigenvalue weighted by molar-refractivity contribution is -0.138. The average molecular weight is 262 g/mol. The molecule has 0 fully saturated rings. The number of carboxylic acids is 1. The number of esters is 1. The highest BCUT2D eigenvalue weighted by Gasteiger charge is 1.98. The molecule has 1 rings (SSSR count). The Morgan fingerprint density at radius 2 is 1.89 bits per heavy atom. The number of rotatable bonds is 4. The first-order chi connectivity index (χ1) is 8.97. The summed E-state index contributed by atoms with van der Waals surface area (Å²) in [5.74, 6) is -1.23. The molecule has 0 amide bonds. The van der Waals surface area contributed by atoms with Gasteiger partial charge in [-0.2, -0.15) is 0 Å². The summed E-state index contributed by atoms with van der Waals surface area (Å²) in [5, 5.41) is 8.29. The Morgan fingerprint density at radius 1 is 1.32 bits per heavy atom. The van der Waals surface area contributed by atoms with E-state index in [1.807, 2.05) is 30.3 Å². The zero-order valence-corrected chi connectivity index (χ0v) is 11.1. The quantitative estimate of drug-likeness (QED) is 0.669. The van der Waals surface area contributed by atoms with Gasteiger partial charge in [0.1, 0.15) is 0 Å². The van der Waals surface area contributed by atoms with Crippen LogP contribution in [0.4, 0.5) is 0 Å². The molecule has 0 aromatic heterocycles. The summed E-state index contributed by atoms with van der Waals surface area (Å²) < 4.78 is 4.56. The maximum atomic E-state index is 10.4. The van der Waals surface area contributed by atoms with Gasteiger partial charge in [-0.25, -0.2) is 9.59 Å². The van der Waals surface area contributed by atoms with E-state index in [0.717, 1.165) is 11.6 Å². The molecule has 0 atom stereocenters. The first-order valence-electron chi connectivity index (χ1n) is 5.76. The van der Waals surface area contributed by atoms with Gasteiger partial charge in [-0.1, -0.05) is 36.9 Å². The summed E-state index contributed by atoms with van der Waals surface area (Å²) in [6, 6.07) is 9.31. The van der Waals surface area contributed by atoms with Crippen molar-refractivity contribution >= 4 is 18.0 Å². The zero-order chi connectivity index (χ0) is 14.7. The molecule has 1 aromatic rings. The Bertz CT molecular complexity index is 446. The average Bonchev–Trinajstić information content (AvgIpc) is 2.38. The van der Waals surface area contributed by atoms with Crippen LogP contribution in [-0.2, 0) is 14.3 Å². The fourth-order valence-corrected chi connectivity index (χ4v) is 0.986. The third-order valence-electron chi connectivity index (χ3n) is 1.84. The predicted octanol–water partition coefficient (Wildman–Crippen LogP) is 2.91. The van der Waals surface area contributed by atoms with Crippen molar-refractivity contribution in [3.05, 3.63) is 54.1 Å². The Morgan fingerprint density at radius 3 is 2.26 bits per heavy atom. The highest BCUT2D eigenvalue weighted by atomic mass is 16.5. The van der Waals surface area contributed by atoms with E-state index in [0.29, 0.717) is 12.2 Å². The van der Waals surface area contributed by atoms with Crippen molar-refractivity contribution < 1.29 is 19.4 Å². The number of carboxylic acid groups (broad SMARTS) is 1. The minimum Gasteiger partial charge on any atom is -0.478 e. The van der Waals surface area contributed by atoms with Crippen molar-refractivity contribution in [2.45, 2.75) is 13.8 Å². The summed E-state index contributed by atoms with van der Waals surface area (Å²) in [7, 11) is 0. The van der Waals surface area contributed by atoms with Crippen molar-refractivity contribution in [1.29, 1.82) is 0 Å². The molecular weight excluding hydrogens is 244 g/mol. The minimum atomic E-state index is -0.922. The third kappa shape index (κ3) is 9.35. The van der Waals surface area contributed by atoms with E-state index in [9.17, 15) is 9.59 Å². The zero-order valence-electron chi connectivity index (χ0n) is 11.1. The van der Waals surface area contributed by atoms with E-state index >= 15 is 0 Å². The lowest BCUT2D eigenvalue weighted by Crippen LogP contribution is -2.03. The molecule has 0 radical (unpaired) electrons. The van der Waals surface area contributed by atoms with Gasteiger partial charge in [-0.15, -0.1) is 0 Å². The van der Waals surface area contributed by atoms with Crippen LogP contribution in [-0.4, -0.2) is 23.7 Å². The minimum absolute atomic E-state index is 0.312. The van der Waals surface area contributed by atoms with Gasteiger partial charge in [-0.05, 0) is 25.5 Å². The van der Waals surface area contributed by atoms with Crippen molar-refractivity contribution in [3.63, 3.8) is 0 Å². The van der Waals surface area contributed by atoms with Crippen LogP contribution in [0.15, 0.2) is 48.6 Å².